The average Bonchev–Trinajstić information content (AvgIpc) is 1.87. The van der Waals surface area contributed by atoms with Crippen molar-refractivity contribution >= 4 is 5.91 Å². The normalized spacial score (nSPS) is 12.9. The molecule has 1 unspecified atom stereocenters. The van der Waals surface area contributed by atoms with E-state index in [4.69, 9.17) is 11.5 Å². The fourth-order valence-corrected chi connectivity index (χ4v) is 1.05. The highest BCUT2D eigenvalue weighted by molar-refractivity contribution is 5.73. The molecule has 4 N–H and O–H groups in total. The Morgan fingerprint density at radius 3 is 2.55 bits per heavy atom. The van der Waals surface area contributed by atoms with Gasteiger partial charge < -0.3 is 11.5 Å². The average molecular weight is 158 g/mol. The van der Waals surface area contributed by atoms with Gasteiger partial charge in [-0.05, 0) is 19.3 Å². The fourth-order valence-electron chi connectivity index (χ4n) is 1.05. The molecule has 0 aliphatic rings. The van der Waals surface area contributed by atoms with Crippen LogP contribution < -0.4 is 11.5 Å². The lowest BCUT2D eigenvalue weighted by Crippen LogP contribution is -2.20. The predicted octanol–water partition coefficient (Wildman–Crippen LogP) is 0.769. The maximum atomic E-state index is 10.3. The smallest absolute Gasteiger partial charge is 0.217 e. The van der Waals surface area contributed by atoms with Crippen LogP contribution in [0.25, 0.3) is 0 Å². The zero-order valence-corrected chi connectivity index (χ0v) is 7.18. The molecule has 3 heteroatoms. The molecule has 0 saturated heterocycles. The van der Waals surface area contributed by atoms with Crippen LogP contribution in [0.4, 0.5) is 0 Å². The first-order valence-corrected chi connectivity index (χ1v) is 4.20. The van der Waals surface area contributed by atoms with Gasteiger partial charge in [0.1, 0.15) is 0 Å². The molecule has 0 aromatic rings. The first kappa shape index (κ1) is 10.4. The monoisotopic (exact) mass is 158 g/mol. The van der Waals surface area contributed by atoms with Gasteiger partial charge in [-0.1, -0.05) is 13.3 Å². The second-order valence-corrected chi connectivity index (χ2v) is 2.91. The van der Waals surface area contributed by atoms with Crippen molar-refractivity contribution in [2.75, 3.05) is 0 Å². The van der Waals surface area contributed by atoms with E-state index < -0.39 is 0 Å². The SMILES string of the molecule is CCCC(N)CCCC(N)=O. The summed E-state index contributed by atoms with van der Waals surface area (Å²) in [4.78, 5) is 10.3. The highest BCUT2D eigenvalue weighted by Gasteiger charge is 2.01. The van der Waals surface area contributed by atoms with Gasteiger partial charge in [-0.25, -0.2) is 0 Å². The second kappa shape index (κ2) is 6.16. The van der Waals surface area contributed by atoms with Crippen LogP contribution in [-0.2, 0) is 4.79 Å². The van der Waals surface area contributed by atoms with Gasteiger partial charge in [0.05, 0.1) is 0 Å². The third-order valence-corrected chi connectivity index (χ3v) is 1.66. The minimum absolute atomic E-state index is 0.228. The largest absolute Gasteiger partial charge is 0.370 e. The minimum Gasteiger partial charge on any atom is -0.370 e. The molecule has 1 amide bonds. The van der Waals surface area contributed by atoms with Gasteiger partial charge >= 0.3 is 0 Å². The number of carbonyl (C=O) groups excluding carboxylic acids is 1. The molecule has 0 heterocycles. The van der Waals surface area contributed by atoms with Crippen LogP contribution in [0.3, 0.4) is 0 Å². The van der Waals surface area contributed by atoms with Gasteiger partial charge in [0, 0.05) is 12.5 Å². The first-order valence-electron chi connectivity index (χ1n) is 4.20. The zero-order chi connectivity index (χ0) is 8.69. The molecule has 0 radical (unpaired) electrons. The molecule has 0 aromatic carbocycles. The maximum absolute atomic E-state index is 10.3. The van der Waals surface area contributed by atoms with Gasteiger partial charge in [-0.2, -0.15) is 0 Å². The topological polar surface area (TPSA) is 69.1 Å². The van der Waals surface area contributed by atoms with Crippen molar-refractivity contribution in [3.8, 4) is 0 Å². The van der Waals surface area contributed by atoms with Crippen LogP contribution in [0.5, 0.6) is 0 Å². The minimum atomic E-state index is -0.228. The number of amides is 1. The Morgan fingerprint density at radius 1 is 1.45 bits per heavy atom. The number of hydrogen-bond acceptors (Lipinski definition) is 2. The van der Waals surface area contributed by atoms with Crippen molar-refractivity contribution in [1.29, 1.82) is 0 Å². The molecule has 0 aromatic heterocycles. The van der Waals surface area contributed by atoms with Crippen molar-refractivity contribution in [3.05, 3.63) is 0 Å². The summed E-state index contributed by atoms with van der Waals surface area (Å²) in [5, 5.41) is 0. The Kier molecular flexibility index (Phi) is 5.84. The molecule has 1 atom stereocenters. The third-order valence-electron chi connectivity index (χ3n) is 1.66. The van der Waals surface area contributed by atoms with Crippen LogP contribution in [0.2, 0.25) is 0 Å². The molecular weight excluding hydrogens is 140 g/mol. The van der Waals surface area contributed by atoms with E-state index in [-0.39, 0.29) is 11.9 Å². The van der Waals surface area contributed by atoms with E-state index in [1.807, 2.05) is 0 Å². The second-order valence-electron chi connectivity index (χ2n) is 2.91. The van der Waals surface area contributed by atoms with Crippen LogP contribution in [0, 0.1) is 0 Å². The van der Waals surface area contributed by atoms with Gasteiger partial charge in [0.2, 0.25) is 5.91 Å². The van der Waals surface area contributed by atoms with Crippen LogP contribution in [-0.4, -0.2) is 11.9 Å². The van der Waals surface area contributed by atoms with E-state index in [0.29, 0.717) is 6.42 Å². The van der Waals surface area contributed by atoms with E-state index >= 15 is 0 Å². The van der Waals surface area contributed by atoms with Crippen molar-refractivity contribution in [3.63, 3.8) is 0 Å². The van der Waals surface area contributed by atoms with E-state index in [0.717, 1.165) is 25.7 Å². The number of carbonyl (C=O) groups is 1. The summed E-state index contributed by atoms with van der Waals surface area (Å²) in [5.74, 6) is -0.228. The predicted molar refractivity (Wildman–Crippen MR) is 45.9 cm³/mol. The van der Waals surface area contributed by atoms with Gasteiger partial charge in [-0.3, -0.25) is 4.79 Å². The molecule has 0 fully saturated rings. The molecule has 66 valence electrons. The number of rotatable bonds is 6. The summed E-state index contributed by atoms with van der Waals surface area (Å²) in [5.41, 5.74) is 10.7. The van der Waals surface area contributed by atoms with Crippen molar-refractivity contribution in [2.24, 2.45) is 11.5 Å². The van der Waals surface area contributed by atoms with Gasteiger partial charge in [-0.15, -0.1) is 0 Å². The maximum Gasteiger partial charge on any atom is 0.217 e. The molecule has 0 spiro atoms. The highest BCUT2D eigenvalue weighted by Crippen LogP contribution is 2.03. The van der Waals surface area contributed by atoms with Crippen molar-refractivity contribution in [1.82, 2.24) is 0 Å². The summed E-state index contributed by atoms with van der Waals surface area (Å²) in [6.45, 7) is 2.11. The molecule has 0 aliphatic carbocycles. The van der Waals surface area contributed by atoms with E-state index in [1.165, 1.54) is 0 Å². The Bertz CT molecular complexity index is 115. The van der Waals surface area contributed by atoms with E-state index in [2.05, 4.69) is 6.92 Å². The summed E-state index contributed by atoms with van der Waals surface area (Å²) < 4.78 is 0. The Hall–Kier alpha value is -0.570. The number of nitrogens with two attached hydrogens (primary N) is 2. The summed E-state index contributed by atoms with van der Waals surface area (Å²) >= 11 is 0. The molecule has 0 aliphatic heterocycles. The Morgan fingerprint density at radius 2 is 2.09 bits per heavy atom. The van der Waals surface area contributed by atoms with Gasteiger partial charge in [0.25, 0.3) is 0 Å². The lowest BCUT2D eigenvalue weighted by molar-refractivity contribution is -0.118. The molecule has 0 rings (SSSR count). The lowest BCUT2D eigenvalue weighted by Gasteiger charge is -2.07. The zero-order valence-electron chi connectivity index (χ0n) is 7.18. The van der Waals surface area contributed by atoms with Crippen LogP contribution in [0.15, 0.2) is 0 Å². The highest BCUT2D eigenvalue weighted by atomic mass is 16.1. The Labute approximate surface area is 68.1 Å². The third kappa shape index (κ3) is 7.33. The molecular formula is C8H18N2O. The summed E-state index contributed by atoms with van der Waals surface area (Å²) in [7, 11) is 0. The molecule has 0 saturated carbocycles. The summed E-state index contributed by atoms with van der Waals surface area (Å²) in [6.07, 6.45) is 4.36. The van der Waals surface area contributed by atoms with E-state index in [9.17, 15) is 4.79 Å². The Balaban J connectivity index is 3.16. The van der Waals surface area contributed by atoms with Crippen LogP contribution >= 0.6 is 0 Å². The molecule has 3 nitrogen and oxygen atoms in total. The first-order chi connectivity index (χ1) is 5.16. The quantitative estimate of drug-likeness (QED) is 0.599. The van der Waals surface area contributed by atoms with E-state index in [1.54, 1.807) is 0 Å². The number of primary amides is 1. The summed E-state index contributed by atoms with van der Waals surface area (Å²) in [6, 6.07) is 0.249. The fraction of sp³-hybridized carbons (Fsp3) is 0.875. The van der Waals surface area contributed by atoms with Crippen molar-refractivity contribution in [2.45, 2.75) is 45.1 Å². The standard InChI is InChI=1S/C8H18N2O/c1-2-4-7(9)5-3-6-8(10)11/h7H,2-6,9H2,1H3,(H2,10,11). The molecule has 0 bridgehead atoms. The number of hydrogen-bond donors (Lipinski definition) is 2. The molecule has 11 heavy (non-hydrogen) atoms. The van der Waals surface area contributed by atoms with Crippen LogP contribution in [0.1, 0.15) is 39.0 Å². The lowest BCUT2D eigenvalue weighted by atomic mass is 10.1. The van der Waals surface area contributed by atoms with Crippen molar-refractivity contribution < 1.29 is 4.79 Å². The van der Waals surface area contributed by atoms with Gasteiger partial charge in [0.15, 0.2) is 0 Å².